The molecule has 4 nitrogen and oxygen atoms in total. The van der Waals surface area contributed by atoms with Gasteiger partial charge in [-0.3, -0.25) is 4.79 Å². The van der Waals surface area contributed by atoms with E-state index in [0.29, 0.717) is 6.42 Å². The van der Waals surface area contributed by atoms with Gasteiger partial charge in [-0.1, -0.05) is 27.2 Å². The van der Waals surface area contributed by atoms with Gasteiger partial charge in [-0.15, -0.1) is 0 Å². The van der Waals surface area contributed by atoms with Crippen LogP contribution in [0.25, 0.3) is 0 Å². The molecular weight excluding hydrogens is 172 g/mol. The zero-order valence-electron chi connectivity index (χ0n) is 8.66. The molecular formula is C9H18O4. The Morgan fingerprint density at radius 1 is 1.54 bits per heavy atom. The van der Waals surface area contributed by atoms with E-state index in [9.17, 15) is 4.79 Å². The van der Waals surface area contributed by atoms with Crippen LogP contribution >= 0.6 is 0 Å². The Labute approximate surface area is 78.8 Å². The van der Waals surface area contributed by atoms with E-state index in [-0.39, 0.29) is 11.4 Å². The van der Waals surface area contributed by atoms with Crippen molar-refractivity contribution in [2.24, 2.45) is 5.41 Å². The zero-order valence-corrected chi connectivity index (χ0v) is 8.66. The number of hydrogen-bond donors (Lipinski definition) is 1. The van der Waals surface area contributed by atoms with Gasteiger partial charge >= 0.3 is 5.97 Å². The molecule has 1 atom stereocenters. The molecule has 0 bridgehead atoms. The SMILES string of the molecule is CCC(C)(C)CC(=O)OC(C)OO. The summed E-state index contributed by atoms with van der Waals surface area (Å²) in [7, 11) is 0. The molecule has 0 aromatic heterocycles. The molecule has 0 heterocycles. The van der Waals surface area contributed by atoms with Crippen LogP contribution in [0.5, 0.6) is 0 Å². The lowest BCUT2D eigenvalue weighted by molar-refractivity contribution is -0.331. The highest BCUT2D eigenvalue weighted by atomic mass is 17.1. The molecule has 13 heavy (non-hydrogen) atoms. The smallest absolute Gasteiger partial charge is 0.308 e. The molecule has 78 valence electrons. The van der Waals surface area contributed by atoms with Crippen molar-refractivity contribution in [3.8, 4) is 0 Å². The monoisotopic (exact) mass is 190 g/mol. The standard InChI is InChI=1S/C9H18O4/c1-5-9(3,4)6-8(10)12-7(2)13-11/h7,11H,5-6H2,1-4H3. The Kier molecular flexibility index (Phi) is 4.95. The molecule has 0 aliphatic carbocycles. The highest BCUT2D eigenvalue weighted by Gasteiger charge is 2.22. The van der Waals surface area contributed by atoms with E-state index in [1.165, 1.54) is 6.92 Å². The molecule has 1 unspecified atom stereocenters. The maximum Gasteiger partial charge on any atom is 0.308 e. The fourth-order valence-corrected chi connectivity index (χ4v) is 0.764. The number of hydrogen-bond acceptors (Lipinski definition) is 4. The Balaban J connectivity index is 3.87. The van der Waals surface area contributed by atoms with Crippen LogP contribution in [0.3, 0.4) is 0 Å². The van der Waals surface area contributed by atoms with Gasteiger partial charge in [0.05, 0.1) is 6.42 Å². The van der Waals surface area contributed by atoms with Crippen LogP contribution in [0.15, 0.2) is 0 Å². The van der Waals surface area contributed by atoms with E-state index in [2.05, 4.69) is 4.89 Å². The van der Waals surface area contributed by atoms with Gasteiger partial charge in [0.2, 0.25) is 6.29 Å². The third-order valence-corrected chi connectivity index (χ3v) is 2.03. The molecule has 0 radical (unpaired) electrons. The normalized spacial score (nSPS) is 13.9. The second kappa shape index (κ2) is 5.19. The number of rotatable bonds is 5. The lowest BCUT2D eigenvalue weighted by atomic mass is 9.87. The molecule has 0 aliphatic rings. The predicted octanol–water partition coefficient (Wildman–Crippen LogP) is 2.19. The number of carbonyl (C=O) groups excluding carboxylic acids is 1. The quantitative estimate of drug-likeness (QED) is 0.312. The van der Waals surface area contributed by atoms with Gasteiger partial charge in [0, 0.05) is 6.92 Å². The minimum absolute atomic E-state index is 0.0632. The summed E-state index contributed by atoms with van der Waals surface area (Å²) >= 11 is 0. The first-order valence-electron chi connectivity index (χ1n) is 4.41. The first kappa shape index (κ1) is 12.4. The fourth-order valence-electron chi connectivity index (χ4n) is 0.764. The summed E-state index contributed by atoms with van der Waals surface area (Å²) in [6.45, 7) is 7.44. The van der Waals surface area contributed by atoms with Gasteiger partial charge in [-0.2, -0.15) is 4.89 Å². The van der Waals surface area contributed by atoms with Gasteiger partial charge in [-0.05, 0) is 5.41 Å². The Hall–Kier alpha value is -0.610. The van der Waals surface area contributed by atoms with Gasteiger partial charge in [-0.25, -0.2) is 5.26 Å². The number of esters is 1. The van der Waals surface area contributed by atoms with Gasteiger partial charge in [0.1, 0.15) is 0 Å². The van der Waals surface area contributed by atoms with Crippen molar-refractivity contribution in [2.75, 3.05) is 0 Å². The average molecular weight is 190 g/mol. The molecule has 0 aliphatic heterocycles. The predicted molar refractivity (Wildman–Crippen MR) is 48.0 cm³/mol. The first-order valence-corrected chi connectivity index (χ1v) is 4.41. The van der Waals surface area contributed by atoms with Crippen LogP contribution in [0.4, 0.5) is 0 Å². The molecule has 0 fully saturated rings. The Bertz CT molecular complexity index is 165. The van der Waals surface area contributed by atoms with E-state index in [1.807, 2.05) is 20.8 Å². The average Bonchev–Trinajstić information content (AvgIpc) is 2.03. The van der Waals surface area contributed by atoms with Crippen LogP contribution in [-0.2, 0) is 14.4 Å². The highest BCUT2D eigenvalue weighted by molar-refractivity contribution is 5.70. The summed E-state index contributed by atoms with van der Waals surface area (Å²) in [4.78, 5) is 15.0. The van der Waals surface area contributed by atoms with Crippen molar-refractivity contribution in [1.82, 2.24) is 0 Å². The second-order valence-electron chi connectivity index (χ2n) is 3.86. The largest absolute Gasteiger partial charge is 0.433 e. The van der Waals surface area contributed by atoms with Crippen molar-refractivity contribution in [1.29, 1.82) is 0 Å². The van der Waals surface area contributed by atoms with Crippen LogP contribution in [0, 0.1) is 5.41 Å². The van der Waals surface area contributed by atoms with Gasteiger partial charge in [0.25, 0.3) is 0 Å². The lowest BCUT2D eigenvalue weighted by Gasteiger charge is -2.21. The third-order valence-electron chi connectivity index (χ3n) is 2.03. The van der Waals surface area contributed by atoms with Crippen LogP contribution in [0.2, 0.25) is 0 Å². The highest BCUT2D eigenvalue weighted by Crippen LogP contribution is 2.24. The van der Waals surface area contributed by atoms with E-state index in [4.69, 9.17) is 9.99 Å². The summed E-state index contributed by atoms with van der Waals surface area (Å²) in [5.74, 6) is -0.353. The molecule has 0 spiro atoms. The molecule has 0 amide bonds. The van der Waals surface area contributed by atoms with Gasteiger partial charge < -0.3 is 4.74 Å². The maximum absolute atomic E-state index is 11.2. The zero-order chi connectivity index (χ0) is 10.5. The molecule has 0 aromatic carbocycles. The minimum Gasteiger partial charge on any atom is -0.433 e. The van der Waals surface area contributed by atoms with E-state index in [0.717, 1.165) is 6.42 Å². The number of carbonyl (C=O) groups is 1. The summed E-state index contributed by atoms with van der Waals surface area (Å²) in [5, 5.41) is 8.16. The van der Waals surface area contributed by atoms with Crippen molar-refractivity contribution >= 4 is 5.97 Å². The van der Waals surface area contributed by atoms with E-state index < -0.39 is 6.29 Å². The third kappa shape index (κ3) is 5.60. The first-order chi connectivity index (χ1) is 5.91. The van der Waals surface area contributed by atoms with Crippen molar-refractivity contribution in [3.63, 3.8) is 0 Å². The minimum atomic E-state index is -0.889. The Morgan fingerprint density at radius 2 is 2.08 bits per heavy atom. The summed E-state index contributed by atoms with van der Waals surface area (Å²) in [5.41, 5.74) is -0.0632. The van der Waals surface area contributed by atoms with E-state index in [1.54, 1.807) is 0 Å². The topological polar surface area (TPSA) is 55.8 Å². The lowest BCUT2D eigenvalue weighted by Crippen LogP contribution is -2.22. The maximum atomic E-state index is 11.2. The van der Waals surface area contributed by atoms with Crippen LogP contribution in [0.1, 0.15) is 40.5 Å². The van der Waals surface area contributed by atoms with Crippen molar-refractivity contribution < 1.29 is 19.7 Å². The van der Waals surface area contributed by atoms with E-state index >= 15 is 0 Å². The molecule has 0 saturated heterocycles. The molecule has 4 heteroatoms. The summed E-state index contributed by atoms with van der Waals surface area (Å²) in [6.07, 6.45) is 0.341. The van der Waals surface area contributed by atoms with Crippen LogP contribution < -0.4 is 0 Å². The number of ether oxygens (including phenoxy) is 1. The summed E-state index contributed by atoms with van der Waals surface area (Å²) < 4.78 is 4.73. The fraction of sp³-hybridized carbons (Fsp3) is 0.889. The molecule has 0 saturated carbocycles. The van der Waals surface area contributed by atoms with Crippen LogP contribution in [-0.4, -0.2) is 17.5 Å². The summed E-state index contributed by atoms with van der Waals surface area (Å²) in [6, 6.07) is 0. The van der Waals surface area contributed by atoms with Gasteiger partial charge in [0.15, 0.2) is 0 Å². The van der Waals surface area contributed by atoms with Crippen molar-refractivity contribution in [2.45, 2.75) is 46.8 Å². The molecule has 0 rings (SSSR count). The molecule has 1 N–H and O–H groups in total. The van der Waals surface area contributed by atoms with Crippen molar-refractivity contribution in [3.05, 3.63) is 0 Å². The second-order valence-corrected chi connectivity index (χ2v) is 3.86. The molecule has 0 aromatic rings. The Morgan fingerprint density at radius 3 is 2.46 bits per heavy atom.